The number of hydrogen-bond acceptors (Lipinski definition) is 4. The summed E-state index contributed by atoms with van der Waals surface area (Å²) in [5, 5.41) is 2.86. The summed E-state index contributed by atoms with van der Waals surface area (Å²) in [6.07, 6.45) is 2.71. The van der Waals surface area contributed by atoms with E-state index in [1.807, 2.05) is 30.5 Å². The van der Waals surface area contributed by atoms with Crippen molar-refractivity contribution >= 4 is 35.1 Å². The van der Waals surface area contributed by atoms with Crippen LogP contribution in [0, 0.1) is 0 Å². The minimum atomic E-state index is -0.431. The lowest BCUT2D eigenvalue weighted by molar-refractivity contribution is -0.117. The zero-order chi connectivity index (χ0) is 13.4. The van der Waals surface area contributed by atoms with Crippen molar-refractivity contribution in [2.75, 3.05) is 23.1 Å². The largest absolute Gasteiger partial charge is 0.325 e. The molecular formula is C13H20N2OS2. The van der Waals surface area contributed by atoms with Crippen LogP contribution < -0.4 is 11.1 Å². The molecule has 0 aliphatic heterocycles. The first-order valence-electron chi connectivity index (χ1n) is 5.95. The highest BCUT2D eigenvalue weighted by Gasteiger charge is 2.12. The molecule has 0 spiro atoms. The summed E-state index contributed by atoms with van der Waals surface area (Å²) < 4.78 is 0. The van der Waals surface area contributed by atoms with Gasteiger partial charge < -0.3 is 11.1 Å². The minimum absolute atomic E-state index is 0.109. The van der Waals surface area contributed by atoms with Crippen molar-refractivity contribution in [3.05, 3.63) is 24.3 Å². The molecule has 0 radical (unpaired) electrons. The highest BCUT2D eigenvalue weighted by molar-refractivity contribution is 7.99. The van der Waals surface area contributed by atoms with Crippen LogP contribution in [-0.2, 0) is 4.79 Å². The Morgan fingerprint density at radius 3 is 2.94 bits per heavy atom. The summed E-state index contributed by atoms with van der Waals surface area (Å²) in [4.78, 5) is 13.0. The molecule has 3 N–H and O–H groups in total. The molecule has 100 valence electrons. The van der Waals surface area contributed by atoms with Gasteiger partial charge in [0.25, 0.3) is 0 Å². The van der Waals surface area contributed by atoms with Crippen molar-refractivity contribution in [2.24, 2.45) is 5.73 Å². The lowest BCUT2D eigenvalue weighted by atomic mass is 10.2. The number of carbonyl (C=O) groups is 1. The fourth-order valence-electron chi connectivity index (χ4n) is 1.44. The third kappa shape index (κ3) is 5.33. The topological polar surface area (TPSA) is 55.1 Å². The first kappa shape index (κ1) is 15.4. The number of nitrogens with one attached hydrogen (secondary N) is 1. The van der Waals surface area contributed by atoms with E-state index in [4.69, 9.17) is 5.73 Å². The lowest BCUT2D eigenvalue weighted by Gasteiger charge is -2.12. The zero-order valence-corrected chi connectivity index (χ0v) is 12.4. The molecule has 0 saturated heterocycles. The Balaban J connectivity index is 2.55. The molecule has 0 saturated carbocycles. The van der Waals surface area contributed by atoms with Gasteiger partial charge in [-0.25, -0.2) is 0 Å². The maximum atomic E-state index is 11.8. The van der Waals surface area contributed by atoms with Crippen molar-refractivity contribution in [1.82, 2.24) is 0 Å². The molecule has 0 aromatic heterocycles. The molecule has 1 amide bonds. The van der Waals surface area contributed by atoms with Crippen molar-refractivity contribution in [2.45, 2.75) is 24.3 Å². The normalized spacial score (nSPS) is 12.2. The van der Waals surface area contributed by atoms with Gasteiger partial charge in [-0.15, -0.1) is 11.8 Å². The SMILES string of the molecule is CCSc1cccc(NC(=O)[C@@H](N)CCSC)c1. The number of carbonyl (C=O) groups excluding carboxylic acids is 1. The molecule has 0 heterocycles. The molecule has 5 heteroatoms. The smallest absolute Gasteiger partial charge is 0.241 e. The molecule has 1 rings (SSSR count). The molecular weight excluding hydrogens is 264 g/mol. The molecule has 0 unspecified atom stereocenters. The van der Waals surface area contributed by atoms with Crippen molar-refractivity contribution in [3.8, 4) is 0 Å². The van der Waals surface area contributed by atoms with Crippen molar-refractivity contribution in [1.29, 1.82) is 0 Å². The Hall–Kier alpha value is -0.650. The predicted molar refractivity (Wildman–Crippen MR) is 82.4 cm³/mol. The van der Waals surface area contributed by atoms with Gasteiger partial charge in [0, 0.05) is 10.6 Å². The molecule has 1 atom stereocenters. The van der Waals surface area contributed by atoms with Crippen LogP contribution in [-0.4, -0.2) is 29.7 Å². The van der Waals surface area contributed by atoms with Gasteiger partial charge in [0.1, 0.15) is 0 Å². The van der Waals surface area contributed by atoms with Gasteiger partial charge in [-0.3, -0.25) is 4.79 Å². The van der Waals surface area contributed by atoms with E-state index in [2.05, 4.69) is 12.2 Å². The van der Waals surface area contributed by atoms with E-state index in [9.17, 15) is 4.79 Å². The van der Waals surface area contributed by atoms with Gasteiger partial charge in [0.2, 0.25) is 5.91 Å². The van der Waals surface area contributed by atoms with Gasteiger partial charge in [0.05, 0.1) is 6.04 Å². The monoisotopic (exact) mass is 284 g/mol. The van der Waals surface area contributed by atoms with Crippen LogP contribution in [0.3, 0.4) is 0 Å². The summed E-state index contributed by atoms with van der Waals surface area (Å²) in [6, 6.07) is 7.42. The van der Waals surface area contributed by atoms with E-state index in [-0.39, 0.29) is 5.91 Å². The van der Waals surface area contributed by atoms with Crippen LogP contribution in [0.15, 0.2) is 29.2 Å². The maximum Gasteiger partial charge on any atom is 0.241 e. The average Bonchev–Trinajstić information content (AvgIpc) is 2.36. The summed E-state index contributed by atoms with van der Waals surface area (Å²) >= 11 is 3.45. The highest BCUT2D eigenvalue weighted by Crippen LogP contribution is 2.21. The van der Waals surface area contributed by atoms with E-state index in [0.717, 1.165) is 22.1 Å². The Bertz CT molecular complexity index is 385. The lowest BCUT2D eigenvalue weighted by Crippen LogP contribution is -2.36. The van der Waals surface area contributed by atoms with Gasteiger partial charge in [-0.1, -0.05) is 13.0 Å². The van der Waals surface area contributed by atoms with E-state index >= 15 is 0 Å². The molecule has 0 bridgehead atoms. The maximum absolute atomic E-state index is 11.8. The van der Waals surface area contributed by atoms with E-state index in [1.54, 1.807) is 23.5 Å². The van der Waals surface area contributed by atoms with Crippen LogP contribution in [0.1, 0.15) is 13.3 Å². The summed E-state index contributed by atoms with van der Waals surface area (Å²) in [5.41, 5.74) is 6.63. The van der Waals surface area contributed by atoms with Crippen LogP contribution >= 0.6 is 23.5 Å². The fourth-order valence-corrected chi connectivity index (χ4v) is 2.65. The first-order valence-corrected chi connectivity index (χ1v) is 8.33. The van der Waals surface area contributed by atoms with Gasteiger partial charge in [-0.2, -0.15) is 11.8 Å². The first-order chi connectivity index (χ1) is 8.67. The highest BCUT2D eigenvalue weighted by atomic mass is 32.2. The number of benzene rings is 1. The number of rotatable bonds is 7. The molecule has 0 aliphatic carbocycles. The Morgan fingerprint density at radius 2 is 2.28 bits per heavy atom. The number of anilines is 1. The zero-order valence-electron chi connectivity index (χ0n) is 10.8. The number of amides is 1. The van der Waals surface area contributed by atoms with Gasteiger partial charge in [0.15, 0.2) is 0 Å². The molecule has 1 aromatic carbocycles. The van der Waals surface area contributed by atoms with Crippen LogP contribution in [0.4, 0.5) is 5.69 Å². The fraction of sp³-hybridized carbons (Fsp3) is 0.462. The quantitative estimate of drug-likeness (QED) is 0.756. The number of hydrogen-bond donors (Lipinski definition) is 2. The average molecular weight is 284 g/mol. The number of thioether (sulfide) groups is 2. The standard InChI is InChI=1S/C13H20N2OS2/c1-3-18-11-6-4-5-10(9-11)15-13(16)12(14)7-8-17-2/h4-6,9,12H,3,7-8,14H2,1-2H3,(H,15,16)/t12-/m0/s1. The number of nitrogens with two attached hydrogens (primary N) is 1. The Labute approximate surface area is 117 Å². The van der Waals surface area contributed by atoms with Crippen LogP contribution in [0.25, 0.3) is 0 Å². The van der Waals surface area contributed by atoms with E-state index in [1.165, 1.54) is 0 Å². The second-order valence-electron chi connectivity index (χ2n) is 3.84. The summed E-state index contributed by atoms with van der Waals surface area (Å²) in [5.74, 6) is 1.81. The molecule has 18 heavy (non-hydrogen) atoms. The summed E-state index contributed by atoms with van der Waals surface area (Å²) in [7, 11) is 0. The minimum Gasteiger partial charge on any atom is -0.325 e. The molecule has 1 aromatic rings. The Morgan fingerprint density at radius 1 is 1.50 bits per heavy atom. The molecule has 3 nitrogen and oxygen atoms in total. The van der Waals surface area contributed by atoms with Crippen LogP contribution in [0.2, 0.25) is 0 Å². The van der Waals surface area contributed by atoms with Crippen molar-refractivity contribution in [3.63, 3.8) is 0 Å². The van der Waals surface area contributed by atoms with E-state index in [0.29, 0.717) is 6.42 Å². The van der Waals surface area contributed by atoms with Crippen molar-refractivity contribution < 1.29 is 4.79 Å². The van der Waals surface area contributed by atoms with Gasteiger partial charge in [-0.05, 0) is 42.4 Å². The second-order valence-corrected chi connectivity index (χ2v) is 6.16. The van der Waals surface area contributed by atoms with E-state index < -0.39 is 6.04 Å². The molecule has 0 aliphatic rings. The summed E-state index contributed by atoms with van der Waals surface area (Å²) in [6.45, 7) is 2.11. The third-order valence-corrected chi connectivity index (χ3v) is 3.90. The second kappa shape index (κ2) is 8.45. The van der Waals surface area contributed by atoms with Gasteiger partial charge >= 0.3 is 0 Å². The molecule has 0 fully saturated rings. The predicted octanol–water partition coefficient (Wildman–Crippen LogP) is 2.82. The van der Waals surface area contributed by atoms with Crippen LogP contribution in [0.5, 0.6) is 0 Å². The Kier molecular flexibility index (Phi) is 7.23. The third-order valence-electron chi connectivity index (χ3n) is 2.38.